The van der Waals surface area contributed by atoms with Gasteiger partial charge in [0.1, 0.15) is 5.69 Å². The Balaban J connectivity index is 1.76. The normalized spacial score (nSPS) is 14.2. The maximum Gasteiger partial charge on any atom is 0.352 e. The summed E-state index contributed by atoms with van der Waals surface area (Å²) in [6.45, 7) is 4.80. The number of carboxylic acid groups (broad SMARTS) is 1. The number of carbonyl (C=O) groups is 1. The Hall–Kier alpha value is -3.78. The van der Waals surface area contributed by atoms with Crippen LogP contribution in [0.2, 0.25) is 0 Å². The summed E-state index contributed by atoms with van der Waals surface area (Å²) in [4.78, 5) is 14.5. The van der Waals surface area contributed by atoms with Gasteiger partial charge in [0, 0.05) is 23.7 Å². The SMILES string of the molecule is CCN(c1ccc(-n2c(C(=O)O)cc3ccccc32)cc1N(c1ccc(C)cc1)[SH](=O)=O)C1CCCCC1. The molecule has 0 bridgehead atoms. The van der Waals surface area contributed by atoms with E-state index in [1.165, 1.54) is 10.7 Å². The fraction of sp³-hybridized carbons (Fsp3) is 0.300. The molecular formula is C30H33N3O4S. The smallest absolute Gasteiger partial charge is 0.352 e. The van der Waals surface area contributed by atoms with E-state index in [0.29, 0.717) is 23.1 Å². The summed E-state index contributed by atoms with van der Waals surface area (Å²) in [5.41, 5.74) is 4.39. The molecule has 0 saturated heterocycles. The van der Waals surface area contributed by atoms with Crippen LogP contribution in [-0.2, 0) is 10.9 Å². The molecule has 1 aliphatic carbocycles. The van der Waals surface area contributed by atoms with Crippen LogP contribution in [0, 0.1) is 6.92 Å². The van der Waals surface area contributed by atoms with Gasteiger partial charge in [0.15, 0.2) is 0 Å². The quantitative estimate of drug-likeness (QED) is 0.255. The van der Waals surface area contributed by atoms with Crippen LogP contribution in [0.3, 0.4) is 0 Å². The predicted molar refractivity (Wildman–Crippen MR) is 154 cm³/mol. The average molecular weight is 532 g/mol. The van der Waals surface area contributed by atoms with E-state index in [9.17, 15) is 18.3 Å². The highest BCUT2D eigenvalue weighted by molar-refractivity contribution is 7.74. The van der Waals surface area contributed by atoms with E-state index >= 15 is 0 Å². The summed E-state index contributed by atoms with van der Waals surface area (Å²) in [5.74, 6) is -1.05. The molecule has 198 valence electrons. The third-order valence-corrected chi connectivity index (χ3v) is 8.26. The largest absolute Gasteiger partial charge is 0.477 e. The van der Waals surface area contributed by atoms with Gasteiger partial charge in [-0.2, -0.15) is 0 Å². The Morgan fingerprint density at radius 2 is 1.66 bits per heavy atom. The van der Waals surface area contributed by atoms with Crippen molar-refractivity contribution < 1.29 is 18.3 Å². The van der Waals surface area contributed by atoms with E-state index in [2.05, 4.69) is 11.8 Å². The fourth-order valence-corrected chi connectivity index (χ4v) is 6.34. The molecule has 8 heteroatoms. The number of aryl methyl sites for hydroxylation is 1. The Morgan fingerprint density at radius 1 is 0.947 bits per heavy atom. The van der Waals surface area contributed by atoms with Crippen molar-refractivity contribution in [1.82, 2.24) is 4.57 Å². The molecule has 1 fully saturated rings. The average Bonchev–Trinajstić information content (AvgIpc) is 3.32. The van der Waals surface area contributed by atoms with Crippen LogP contribution in [0.5, 0.6) is 0 Å². The number of fused-ring (bicyclic) bond motifs is 1. The lowest BCUT2D eigenvalue weighted by molar-refractivity contribution is 0.0688. The summed E-state index contributed by atoms with van der Waals surface area (Å²) >= 11 is 0. The summed E-state index contributed by atoms with van der Waals surface area (Å²) in [7, 11) is -3.03. The van der Waals surface area contributed by atoms with Gasteiger partial charge in [0.05, 0.1) is 22.6 Å². The number of hydrogen-bond donors (Lipinski definition) is 2. The minimum absolute atomic E-state index is 0.123. The third kappa shape index (κ3) is 4.88. The van der Waals surface area contributed by atoms with Crippen molar-refractivity contribution in [3.63, 3.8) is 0 Å². The van der Waals surface area contributed by atoms with Gasteiger partial charge in [0.25, 0.3) is 0 Å². The maximum atomic E-state index is 12.9. The Bertz CT molecular complexity index is 1530. The van der Waals surface area contributed by atoms with Gasteiger partial charge in [-0.3, -0.25) is 0 Å². The zero-order valence-corrected chi connectivity index (χ0v) is 22.6. The first kappa shape index (κ1) is 25.9. The maximum absolute atomic E-state index is 12.9. The van der Waals surface area contributed by atoms with Crippen LogP contribution in [-0.4, -0.2) is 36.6 Å². The molecule has 1 aromatic heterocycles. The van der Waals surface area contributed by atoms with Gasteiger partial charge in [0.2, 0.25) is 10.9 Å². The van der Waals surface area contributed by atoms with Gasteiger partial charge in [-0.15, -0.1) is 0 Å². The van der Waals surface area contributed by atoms with Gasteiger partial charge < -0.3 is 14.6 Å². The summed E-state index contributed by atoms with van der Waals surface area (Å²) in [6.07, 6.45) is 5.66. The Morgan fingerprint density at radius 3 is 2.32 bits per heavy atom. The fourth-order valence-electron chi connectivity index (χ4n) is 5.68. The molecule has 7 nitrogen and oxygen atoms in total. The van der Waals surface area contributed by atoms with Gasteiger partial charge >= 0.3 is 5.97 Å². The summed E-state index contributed by atoms with van der Waals surface area (Å²) < 4.78 is 28.7. The number of anilines is 3. The molecule has 0 aliphatic heterocycles. The van der Waals surface area contributed by atoms with Gasteiger partial charge in [-0.25, -0.2) is 17.5 Å². The number of rotatable bonds is 8. The van der Waals surface area contributed by atoms with Crippen molar-refractivity contribution in [2.75, 3.05) is 15.7 Å². The number of aromatic carboxylic acids is 1. The number of benzene rings is 3. The predicted octanol–water partition coefficient (Wildman–Crippen LogP) is 6.46. The van der Waals surface area contributed by atoms with Gasteiger partial charge in [-0.1, -0.05) is 55.2 Å². The number of para-hydroxylation sites is 1. The highest BCUT2D eigenvalue weighted by Crippen LogP contribution is 2.40. The zero-order valence-electron chi connectivity index (χ0n) is 21.7. The molecule has 1 saturated carbocycles. The van der Waals surface area contributed by atoms with Crippen molar-refractivity contribution in [1.29, 1.82) is 0 Å². The first-order chi connectivity index (χ1) is 18.4. The number of thiol groups is 1. The second-order valence-corrected chi connectivity index (χ2v) is 10.7. The molecule has 38 heavy (non-hydrogen) atoms. The number of carboxylic acids is 1. The lowest BCUT2D eigenvalue weighted by Gasteiger charge is -2.37. The lowest BCUT2D eigenvalue weighted by Crippen LogP contribution is -2.37. The van der Waals surface area contributed by atoms with Crippen LogP contribution >= 0.6 is 0 Å². The number of aromatic nitrogens is 1. The highest BCUT2D eigenvalue weighted by Gasteiger charge is 2.27. The molecule has 5 rings (SSSR count). The Labute approximate surface area is 225 Å². The van der Waals surface area contributed by atoms with E-state index < -0.39 is 16.9 Å². The molecule has 0 radical (unpaired) electrons. The van der Waals surface area contributed by atoms with Crippen molar-refractivity contribution >= 4 is 44.8 Å². The van der Waals surface area contributed by atoms with Crippen LogP contribution in [0.25, 0.3) is 16.6 Å². The summed E-state index contributed by atoms with van der Waals surface area (Å²) in [6, 6.07) is 22.5. The second kappa shape index (κ2) is 10.9. The van der Waals surface area contributed by atoms with Crippen molar-refractivity contribution in [3.05, 3.63) is 84.1 Å². The number of hydrogen-bond acceptors (Lipinski definition) is 4. The topological polar surface area (TPSA) is 82.8 Å². The molecule has 0 amide bonds. The first-order valence-corrected chi connectivity index (χ1v) is 14.3. The molecule has 1 aliphatic rings. The Kier molecular flexibility index (Phi) is 7.42. The molecule has 0 unspecified atom stereocenters. The molecule has 1 N–H and O–H groups in total. The highest BCUT2D eigenvalue weighted by atomic mass is 32.2. The molecule has 4 aromatic rings. The van der Waals surface area contributed by atoms with E-state index in [0.717, 1.165) is 54.4 Å². The van der Waals surface area contributed by atoms with Crippen molar-refractivity contribution in [2.45, 2.75) is 52.0 Å². The first-order valence-electron chi connectivity index (χ1n) is 13.1. The third-order valence-electron chi connectivity index (χ3n) is 7.48. The minimum Gasteiger partial charge on any atom is -0.477 e. The van der Waals surface area contributed by atoms with Crippen molar-refractivity contribution in [2.24, 2.45) is 0 Å². The lowest BCUT2D eigenvalue weighted by atomic mass is 9.93. The van der Waals surface area contributed by atoms with E-state index in [1.807, 2.05) is 73.7 Å². The van der Waals surface area contributed by atoms with Crippen LogP contribution in [0.1, 0.15) is 55.1 Å². The molecule has 0 spiro atoms. The molecular weight excluding hydrogens is 498 g/mol. The van der Waals surface area contributed by atoms with Crippen LogP contribution in [0.4, 0.5) is 17.1 Å². The van der Waals surface area contributed by atoms with Crippen LogP contribution in [0.15, 0.2) is 72.8 Å². The summed E-state index contributed by atoms with van der Waals surface area (Å²) in [5, 5.41) is 10.8. The molecule has 3 aromatic carbocycles. The van der Waals surface area contributed by atoms with Crippen LogP contribution < -0.4 is 9.21 Å². The van der Waals surface area contributed by atoms with Crippen molar-refractivity contribution in [3.8, 4) is 5.69 Å². The zero-order chi connectivity index (χ0) is 26.8. The minimum atomic E-state index is -3.03. The van der Waals surface area contributed by atoms with Gasteiger partial charge in [-0.05, 0) is 69.2 Å². The number of nitrogens with zero attached hydrogens (tertiary/aromatic N) is 3. The molecule has 1 heterocycles. The standard InChI is InChI=1S/C30H33N3O4S/c1-3-31(23-10-5-4-6-11-23)27-18-17-25(32-26-12-8-7-9-22(26)19-29(32)30(34)35)20-28(27)33(38(36)37)24-15-13-21(2)14-16-24/h7-9,12-20,23,38H,3-6,10-11H2,1-2H3,(H,34,35). The van der Waals surface area contributed by atoms with E-state index in [4.69, 9.17) is 0 Å². The van der Waals surface area contributed by atoms with E-state index in [-0.39, 0.29) is 5.69 Å². The monoisotopic (exact) mass is 531 g/mol. The second-order valence-electron chi connectivity index (χ2n) is 9.87. The molecule has 0 atom stereocenters. The van der Waals surface area contributed by atoms with E-state index in [1.54, 1.807) is 10.6 Å².